The van der Waals surface area contributed by atoms with Crippen LogP contribution >= 0.6 is 0 Å². The minimum Gasteiger partial charge on any atom is -0.497 e. The molecule has 0 saturated carbocycles. The maximum absolute atomic E-state index is 12.7. The van der Waals surface area contributed by atoms with E-state index >= 15 is 0 Å². The summed E-state index contributed by atoms with van der Waals surface area (Å²) in [7, 11) is 1.63. The predicted octanol–water partition coefficient (Wildman–Crippen LogP) is 2.69. The lowest BCUT2D eigenvalue weighted by molar-refractivity contribution is -0.138. The zero-order valence-electron chi connectivity index (χ0n) is 16.2. The minimum atomic E-state index is -0.232. The Labute approximate surface area is 169 Å². The number of pyridine rings is 1. The second-order valence-electron chi connectivity index (χ2n) is 6.82. The molecule has 1 aliphatic heterocycles. The standard InChI is InChI=1S/C22H22N4O3/c1-28-19-5-2-16(3-6-19)10-22(27)26-8-9-29-21(14-26)20-7-4-17(13-25-20)18-11-23-15-24-12-18/h2-7,11-13,15,21H,8-10,14H2,1H3/t21-/m1/s1. The molecule has 1 amide bonds. The molecular formula is C22H22N4O3. The molecule has 0 radical (unpaired) electrons. The largest absolute Gasteiger partial charge is 0.497 e. The van der Waals surface area contributed by atoms with E-state index in [2.05, 4.69) is 15.0 Å². The minimum absolute atomic E-state index is 0.0847. The number of morpholine rings is 1. The molecule has 3 heterocycles. The molecule has 2 aromatic heterocycles. The molecule has 1 atom stereocenters. The molecular weight excluding hydrogens is 368 g/mol. The lowest BCUT2D eigenvalue weighted by Crippen LogP contribution is -2.43. The van der Waals surface area contributed by atoms with Gasteiger partial charge < -0.3 is 14.4 Å². The third-order valence-corrected chi connectivity index (χ3v) is 4.94. The van der Waals surface area contributed by atoms with Gasteiger partial charge in [0.15, 0.2) is 0 Å². The number of aromatic nitrogens is 3. The highest BCUT2D eigenvalue weighted by Gasteiger charge is 2.26. The molecule has 0 spiro atoms. The van der Waals surface area contributed by atoms with E-state index in [0.717, 1.165) is 28.1 Å². The second-order valence-corrected chi connectivity index (χ2v) is 6.82. The smallest absolute Gasteiger partial charge is 0.227 e. The summed E-state index contributed by atoms with van der Waals surface area (Å²) in [6.45, 7) is 1.58. The summed E-state index contributed by atoms with van der Waals surface area (Å²) in [5, 5.41) is 0. The number of rotatable bonds is 5. The van der Waals surface area contributed by atoms with Gasteiger partial charge in [-0.05, 0) is 23.8 Å². The SMILES string of the molecule is COc1ccc(CC(=O)N2CCO[C@@H](c3ccc(-c4cncnc4)cn3)C2)cc1. The first-order chi connectivity index (χ1) is 14.2. The number of methoxy groups -OCH3 is 1. The van der Waals surface area contributed by atoms with Gasteiger partial charge in [-0.1, -0.05) is 18.2 Å². The van der Waals surface area contributed by atoms with E-state index in [1.807, 2.05) is 41.3 Å². The van der Waals surface area contributed by atoms with Crippen LogP contribution in [-0.4, -0.2) is 52.6 Å². The van der Waals surface area contributed by atoms with Crippen LogP contribution in [0.1, 0.15) is 17.4 Å². The fourth-order valence-corrected chi connectivity index (χ4v) is 3.30. The van der Waals surface area contributed by atoms with Crippen molar-refractivity contribution < 1.29 is 14.3 Å². The van der Waals surface area contributed by atoms with Crippen LogP contribution in [0.2, 0.25) is 0 Å². The Kier molecular flexibility index (Phi) is 5.76. The van der Waals surface area contributed by atoms with Crippen LogP contribution in [0.5, 0.6) is 5.75 Å². The highest BCUT2D eigenvalue weighted by Crippen LogP contribution is 2.24. The van der Waals surface area contributed by atoms with Gasteiger partial charge in [0.05, 0.1) is 32.4 Å². The summed E-state index contributed by atoms with van der Waals surface area (Å²) in [5.41, 5.74) is 3.63. The molecule has 1 aromatic carbocycles. The van der Waals surface area contributed by atoms with Gasteiger partial charge in [0, 0.05) is 36.3 Å². The molecule has 1 saturated heterocycles. The van der Waals surface area contributed by atoms with E-state index in [1.54, 1.807) is 25.7 Å². The van der Waals surface area contributed by atoms with Gasteiger partial charge in [-0.2, -0.15) is 0 Å². The molecule has 0 unspecified atom stereocenters. The van der Waals surface area contributed by atoms with Crippen LogP contribution in [0.15, 0.2) is 61.3 Å². The topological polar surface area (TPSA) is 77.4 Å². The third-order valence-electron chi connectivity index (χ3n) is 4.94. The highest BCUT2D eigenvalue weighted by atomic mass is 16.5. The van der Waals surface area contributed by atoms with Crippen molar-refractivity contribution in [2.45, 2.75) is 12.5 Å². The number of carbonyl (C=O) groups excluding carboxylic acids is 1. The van der Waals surface area contributed by atoms with Crippen molar-refractivity contribution in [1.82, 2.24) is 19.9 Å². The van der Waals surface area contributed by atoms with Crippen LogP contribution in [0.25, 0.3) is 11.1 Å². The quantitative estimate of drug-likeness (QED) is 0.667. The van der Waals surface area contributed by atoms with E-state index in [4.69, 9.17) is 9.47 Å². The van der Waals surface area contributed by atoms with Gasteiger partial charge in [0.2, 0.25) is 5.91 Å². The van der Waals surface area contributed by atoms with Gasteiger partial charge in [-0.25, -0.2) is 9.97 Å². The number of ether oxygens (including phenoxy) is 2. The number of amides is 1. The van der Waals surface area contributed by atoms with E-state index in [-0.39, 0.29) is 12.0 Å². The lowest BCUT2D eigenvalue weighted by atomic mass is 10.1. The molecule has 7 nitrogen and oxygen atoms in total. The first-order valence-corrected chi connectivity index (χ1v) is 9.46. The molecule has 4 rings (SSSR count). The lowest BCUT2D eigenvalue weighted by Gasteiger charge is -2.32. The van der Waals surface area contributed by atoms with Gasteiger partial charge in [-0.15, -0.1) is 0 Å². The van der Waals surface area contributed by atoms with Crippen LogP contribution in [0.3, 0.4) is 0 Å². The molecule has 0 aliphatic carbocycles. The fraction of sp³-hybridized carbons (Fsp3) is 0.273. The first kappa shape index (κ1) is 19.0. The van der Waals surface area contributed by atoms with E-state index < -0.39 is 0 Å². The number of carbonyl (C=O) groups is 1. The normalized spacial score (nSPS) is 16.4. The van der Waals surface area contributed by atoms with Crippen molar-refractivity contribution in [2.75, 3.05) is 26.8 Å². The van der Waals surface area contributed by atoms with Crippen molar-refractivity contribution in [3.63, 3.8) is 0 Å². The fourth-order valence-electron chi connectivity index (χ4n) is 3.30. The average molecular weight is 390 g/mol. The maximum Gasteiger partial charge on any atom is 0.227 e. The van der Waals surface area contributed by atoms with Crippen molar-refractivity contribution in [3.8, 4) is 16.9 Å². The van der Waals surface area contributed by atoms with E-state index in [0.29, 0.717) is 26.1 Å². The molecule has 29 heavy (non-hydrogen) atoms. The Morgan fingerprint density at radius 2 is 1.90 bits per heavy atom. The summed E-state index contributed by atoms with van der Waals surface area (Å²) >= 11 is 0. The van der Waals surface area contributed by atoms with Crippen LogP contribution < -0.4 is 4.74 Å². The zero-order chi connectivity index (χ0) is 20.1. The number of hydrogen-bond donors (Lipinski definition) is 0. The van der Waals surface area contributed by atoms with Crippen LogP contribution in [-0.2, 0) is 16.0 Å². The summed E-state index contributed by atoms with van der Waals surface area (Å²) < 4.78 is 11.0. The van der Waals surface area contributed by atoms with Gasteiger partial charge in [-0.3, -0.25) is 9.78 Å². The third kappa shape index (κ3) is 4.57. The molecule has 0 N–H and O–H groups in total. The van der Waals surface area contributed by atoms with Crippen molar-refractivity contribution in [2.24, 2.45) is 0 Å². The Morgan fingerprint density at radius 1 is 1.10 bits per heavy atom. The summed E-state index contributed by atoms with van der Waals surface area (Å²) in [5.74, 6) is 0.866. The summed E-state index contributed by atoms with van der Waals surface area (Å²) in [6.07, 6.45) is 6.91. The Hall–Kier alpha value is -3.32. The van der Waals surface area contributed by atoms with E-state index in [9.17, 15) is 4.79 Å². The van der Waals surface area contributed by atoms with Crippen molar-refractivity contribution in [3.05, 3.63) is 72.6 Å². The molecule has 3 aromatic rings. The number of nitrogens with zero attached hydrogens (tertiary/aromatic N) is 4. The molecule has 0 bridgehead atoms. The molecule has 1 fully saturated rings. The number of hydrogen-bond acceptors (Lipinski definition) is 6. The Balaban J connectivity index is 1.40. The Bertz CT molecular complexity index is 946. The van der Waals surface area contributed by atoms with Gasteiger partial charge in [0.25, 0.3) is 0 Å². The van der Waals surface area contributed by atoms with Crippen LogP contribution in [0.4, 0.5) is 0 Å². The first-order valence-electron chi connectivity index (χ1n) is 9.46. The average Bonchev–Trinajstić information content (AvgIpc) is 2.80. The van der Waals surface area contributed by atoms with Gasteiger partial charge >= 0.3 is 0 Å². The molecule has 7 heteroatoms. The predicted molar refractivity (Wildman–Crippen MR) is 107 cm³/mol. The van der Waals surface area contributed by atoms with Gasteiger partial charge in [0.1, 0.15) is 18.2 Å². The monoisotopic (exact) mass is 390 g/mol. The Morgan fingerprint density at radius 3 is 2.59 bits per heavy atom. The van der Waals surface area contributed by atoms with Crippen molar-refractivity contribution in [1.29, 1.82) is 0 Å². The summed E-state index contributed by atoms with van der Waals surface area (Å²) in [4.78, 5) is 27.2. The van der Waals surface area contributed by atoms with E-state index in [1.165, 1.54) is 6.33 Å². The zero-order valence-corrected chi connectivity index (χ0v) is 16.2. The highest BCUT2D eigenvalue weighted by molar-refractivity contribution is 5.79. The summed E-state index contributed by atoms with van der Waals surface area (Å²) in [6, 6.07) is 11.5. The number of benzene rings is 1. The molecule has 1 aliphatic rings. The van der Waals surface area contributed by atoms with Crippen LogP contribution in [0, 0.1) is 0 Å². The van der Waals surface area contributed by atoms with Crippen molar-refractivity contribution >= 4 is 5.91 Å². The maximum atomic E-state index is 12.7. The second kappa shape index (κ2) is 8.79. The molecule has 148 valence electrons.